The van der Waals surface area contributed by atoms with Crippen LogP contribution in [0.15, 0.2) is 30.3 Å². The van der Waals surface area contributed by atoms with Crippen molar-refractivity contribution < 1.29 is 9.90 Å². The number of carbonyl (C=O) groups is 1. The van der Waals surface area contributed by atoms with E-state index in [4.69, 9.17) is 0 Å². The minimum absolute atomic E-state index is 0.0906. The highest BCUT2D eigenvalue weighted by atomic mass is 16.3. The van der Waals surface area contributed by atoms with Crippen LogP contribution in [0.2, 0.25) is 0 Å². The molecule has 110 valence electrons. The topological polar surface area (TPSA) is 40.5 Å². The Morgan fingerprint density at radius 3 is 2.50 bits per heavy atom. The molecule has 0 aliphatic heterocycles. The molecular weight excluding hydrogens is 250 g/mol. The predicted octanol–water partition coefficient (Wildman–Crippen LogP) is 2.77. The van der Waals surface area contributed by atoms with E-state index >= 15 is 0 Å². The fraction of sp³-hybridized carbons (Fsp3) is 0.588. The van der Waals surface area contributed by atoms with E-state index in [1.54, 1.807) is 0 Å². The third-order valence-corrected chi connectivity index (χ3v) is 4.26. The summed E-state index contributed by atoms with van der Waals surface area (Å²) >= 11 is 0. The van der Waals surface area contributed by atoms with Gasteiger partial charge in [0, 0.05) is 13.1 Å². The summed E-state index contributed by atoms with van der Waals surface area (Å²) in [7, 11) is 0. The minimum Gasteiger partial charge on any atom is -0.389 e. The number of likely N-dealkylation sites (N-methyl/N-ethyl adjacent to an activating group) is 1. The molecule has 0 spiro atoms. The Balaban J connectivity index is 1.86. The maximum Gasteiger partial charge on any atom is 0.225 e. The Labute approximate surface area is 121 Å². The smallest absolute Gasteiger partial charge is 0.225 e. The van der Waals surface area contributed by atoms with Gasteiger partial charge in [0.25, 0.3) is 0 Å². The van der Waals surface area contributed by atoms with E-state index in [1.165, 1.54) is 5.56 Å². The first kappa shape index (κ1) is 15.0. The lowest BCUT2D eigenvalue weighted by Crippen LogP contribution is -2.39. The van der Waals surface area contributed by atoms with Crippen LogP contribution in [0.3, 0.4) is 0 Å². The van der Waals surface area contributed by atoms with Crippen molar-refractivity contribution in [1.82, 2.24) is 4.90 Å². The van der Waals surface area contributed by atoms with Gasteiger partial charge in [-0.15, -0.1) is 0 Å². The van der Waals surface area contributed by atoms with Crippen LogP contribution in [-0.2, 0) is 11.2 Å². The van der Waals surface area contributed by atoms with Crippen LogP contribution < -0.4 is 0 Å². The van der Waals surface area contributed by atoms with Gasteiger partial charge in [-0.25, -0.2) is 0 Å². The van der Waals surface area contributed by atoms with Crippen LogP contribution in [0.5, 0.6) is 0 Å². The van der Waals surface area contributed by atoms with Crippen LogP contribution in [0, 0.1) is 0 Å². The molecule has 1 amide bonds. The molecule has 0 atom stereocenters. The van der Waals surface area contributed by atoms with Crippen molar-refractivity contribution in [2.24, 2.45) is 0 Å². The molecule has 2 rings (SSSR count). The molecule has 3 nitrogen and oxygen atoms in total. The second kappa shape index (κ2) is 6.89. The third-order valence-electron chi connectivity index (χ3n) is 4.26. The number of hydrogen-bond acceptors (Lipinski definition) is 2. The van der Waals surface area contributed by atoms with Gasteiger partial charge >= 0.3 is 0 Å². The number of hydrogen-bond donors (Lipinski definition) is 1. The zero-order chi connectivity index (χ0) is 14.4. The first-order chi connectivity index (χ1) is 9.63. The summed E-state index contributed by atoms with van der Waals surface area (Å²) in [4.78, 5) is 14.2. The van der Waals surface area contributed by atoms with E-state index in [0.717, 1.165) is 38.6 Å². The van der Waals surface area contributed by atoms with Crippen molar-refractivity contribution in [1.29, 1.82) is 0 Å². The lowest BCUT2D eigenvalue weighted by molar-refractivity contribution is -0.136. The summed E-state index contributed by atoms with van der Waals surface area (Å²) in [5.74, 6) is 0.0906. The minimum atomic E-state index is -0.739. The predicted molar refractivity (Wildman–Crippen MR) is 80.4 cm³/mol. The third kappa shape index (κ3) is 4.07. The second-order valence-corrected chi connectivity index (χ2v) is 5.82. The highest BCUT2D eigenvalue weighted by molar-refractivity contribution is 5.77. The van der Waals surface area contributed by atoms with E-state index in [-0.39, 0.29) is 12.3 Å². The van der Waals surface area contributed by atoms with Gasteiger partial charge in [0.05, 0.1) is 12.0 Å². The van der Waals surface area contributed by atoms with Crippen molar-refractivity contribution in [3.05, 3.63) is 35.9 Å². The Morgan fingerprint density at radius 1 is 1.25 bits per heavy atom. The van der Waals surface area contributed by atoms with Crippen LogP contribution in [0.1, 0.15) is 44.6 Å². The zero-order valence-electron chi connectivity index (χ0n) is 12.3. The molecule has 0 aromatic heterocycles. The van der Waals surface area contributed by atoms with Crippen LogP contribution in [0.4, 0.5) is 0 Å². The largest absolute Gasteiger partial charge is 0.389 e. The highest BCUT2D eigenvalue weighted by Gasteiger charge is 2.34. The quantitative estimate of drug-likeness (QED) is 0.867. The molecule has 1 saturated carbocycles. The highest BCUT2D eigenvalue weighted by Crippen LogP contribution is 2.32. The Kier molecular flexibility index (Phi) is 5.18. The van der Waals surface area contributed by atoms with Gasteiger partial charge in [0.1, 0.15) is 0 Å². The Morgan fingerprint density at radius 2 is 1.90 bits per heavy atom. The number of amides is 1. The SMILES string of the molecule is CCN(CCc1ccccc1)C(=O)CC1(O)CCCC1. The molecule has 1 N–H and O–H groups in total. The van der Waals surface area contributed by atoms with Gasteiger partial charge in [-0.1, -0.05) is 43.2 Å². The lowest BCUT2D eigenvalue weighted by Gasteiger charge is -2.27. The first-order valence-corrected chi connectivity index (χ1v) is 7.67. The molecular formula is C17H25NO2. The van der Waals surface area contributed by atoms with E-state index in [2.05, 4.69) is 12.1 Å². The fourth-order valence-corrected chi connectivity index (χ4v) is 2.97. The molecule has 20 heavy (non-hydrogen) atoms. The van der Waals surface area contributed by atoms with Crippen molar-refractivity contribution in [3.63, 3.8) is 0 Å². The molecule has 1 aliphatic carbocycles. The average molecular weight is 275 g/mol. The number of nitrogens with zero attached hydrogens (tertiary/aromatic N) is 1. The molecule has 1 fully saturated rings. The van der Waals surface area contributed by atoms with Crippen LogP contribution in [0.25, 0.3) is 0 Å². The second-order valence-electron chi connectivity index (χ2n) is 5.82. The molecule has 1 aromatic carbocycles. The van der Waals surface area contributed by atoms with Crippen LogP contribution in [-0.4, -0.2) is 34.6 Å². The summed E-state index contributed by atoms with van der Waals surface area (Å²) in [6.45, 7) is 3.44. The summed E-state index contributed by atoms with van der Waals surface area (Å²) < 4.78 is 0. The van der Waals surface area contributed by atoms with Crippen molar-refractivity contribution in [3.8, 4) is 0 Å². The van der Waals surface area contributed by atoms with Gasteiger partial charge in [-0.3, -0.25) is 4.79 Å². The Hall–Kier alpha value is -1.35. The molecule has 1 aliphatic rings. The molecule has 0 radical (unpaired) electrons. The maximum absolute atomic E-state index is 12.3. The number of aliphatic hydroxyl groups is 1. The van der Waals surface area contributed by atoms with Gasteiger partial charge < -0.3 is 10.0 Å². The van der Waals surface area contributed by atoms with Crippen molar-refractivity contribution in [2.75, 3.05) is 13.1 Å². The summed E-state index contributed by atoms with van der Waals surface area (Å²) in [5.41, 5.74) is 0.510. The van der Waals surface area contributed by atoms with E-state index < -0.39 is 5.60 Å². The van der Waals surface area contributed by atoms with Gasteiger partial charge in [0.2, 0.25) is 5.91 Å². The molecule has 0 heterocycles. The van der Waals surface area contributed by atoms with E-state index in [0.29, 0.717) is 6.54 Å². The maximum atomic E-state index is 12.3. The summed E-state index contributed by atoms with van der Waals surface area (Å²) in [5, 5.41) is 10.3. The average Bonchev–Trinajstić information content (AvgIpc) is 2.87. The van der Waals surface area contributed by atoms with E-state index in [1.807, 2.05) is 30.0 Å². The van der Waals surface area contributed by atoms with Gasteiger partial charge in [-0.05, 0) is 31.7 Å². The fourth-order valence-electron chi connectivity index (χ4n) is 2.97. The first-order valence-electron chi connectivity index (χ1n) is 7.67. The number of rotatable bonds is 6. The van der Waals surface area contributed by atoms with E-state index in [9.17, 15) is 9.90 Å². The number of benzene rings is 1. The normalized spacial score (nSPS) is 17.1. The van der Waals surface area contributed by atoms with Gasteiger partial charge in [-0.2, -0.15) is 0 Å². The standard InChI is InChI=1S/C17H25NO2/c1-2-18(13-10-15-8-4-3-5-9-15)16(19)14-17(20)11-6-7-12-17/h3-5,8-9,20H,2,6-7,10-14H2,1H3. The molecule has 1 aromatic rings. The number of carbonyl (C=O) groups excluding carboxylic acids is 1. The van der Waals surface area contributed by atoms with Gasteiger partial charge in [0.15, 0.2) is 0 Å². The van der Waals surface area contributed by atoms with Crippen LogP contribution >= 0.6 is 0 Å². The Bertz CT molecular complexity index is 424. The zero-order valence-corrected chi connectivity index (χ0v) is 12.3. The lowest BCUT2D eigenvalue weighted by atomic mass is 9.97. The molecule has 0 bridgehead atoms. The monoisotopic (exact) mass is 275 g/mol. The van der Waals surface area contributed by atoms with Crippen molar-refractivity contribution >= 4 is 5.91 Å². The summed E-state index contributed by atoms with van der Waals surface area (Å²) in [6, 6.07) is 10.2. The summed E-state index contributed by atoms with van der Waals surface area (Å²) in [6.07, 6.45) is 4.79. The molecule has 0 saturated heterocycles. The molecule has 3 heteroatoms. The molecule has 0 unspecified atom stereocenters. The van der Waals surface area contributed by atoms with Crippen molar-refractivity contribution in [2.45, 2.75) is 51.0 Å².